The molecule has 1 rings (SSSR count). The summed E-state index contributed by atoms with van der Waals surface area (Å²) in [4.78, 5) is 11.1. The van der Waals surface area contributed by atoms with Crippen LogP contribution in [0, 0.1) is 0 Å². The Balaban J connectivity index is 2.97. The van der Waals surface area contributed by atoms with Crippen LogP contribution in [0.1, 0.15) is 18.1 Å². The minimum absolute atomic E-state index is 0.0123. The Labute approximate surface area is 110 Å². The highest BCUT2D eigenvalue weighted by Gasteiger charge is 2.30. The molecule has 0 bridgehead atoms. The van der Waals surface area contributed by atoms with Crippen molar-refractivity contribution in [1.29, 1.82) is 0 Å². The number of carbonyl (C=O) groups is 1. The summed E-state index contributed by atoms with van der Waals surface area (Å²) in [6, 6.07) is 4.60. The molecule has 1 nitrogen and oxygen atoms in total. The number of ketones is 1. The van der Waals surface area contributed by atoms with Crippen LogP contribution in [-0.4, -0.2) is 11.3 Å². The molecule has 0 saturated heterocycles. The molecule has 0 atom stereocenters. The average molecular weight is 327 g/mol. The van der Waals surface area contributed by atoms with Crippen LogP contribution < -0.4 is 0 Å². The minimum Gasteiger partial charge on any atom is -0.300 e. The fourth-order valence-electron chi connectivity index (χ4n) is 1.36. The van der Waals surface area contributed by atoms with Gasteiger partial charge in [-0.1, -0.05) is 28.1 Å². The second-order valence-corrected chi connectivity index (χ2v) is 5.17. The van der Waals surface area contributed by atoms with Crippen molar-refractivity contribution in [3.63, 3.8) is 0 Å². The average Bonchev–Trinajstić information content (AvgIpc) is 2.17. The molecular weight excluding hydrogens is 317 g/mol. The summed E-state index contributed by atoms with van der Waals surface area (Å²) in [5, 5.41) is 0.331. The molecule has 0 radical (unpaired) electrons. The molecule has 0 aliphatic heterocycles. The molecule has 0 aromatic heterocycles. The number of thioether (sulfide) groups is 1. The largest absolute Gasteiger partial charge is 0.446 e. The smallest absolute Gasteiger partial charge is 0.300 e. The number of rotatable bonds is 4. The maximum atomic E-state index is 12.3. The van der Waals surface area contributed by atoms with E-state index in [1.54, 1.807) is 12.1 Å². The molecule has 0 unspecified atom stereocenters. The maximum Gasteiger partial charge on any atom is 0.446 e. The molecule has 0 fully saturated rings. The van der Waals surface area contributed by atoms with Gasteiger partial charge in [0.25, 0.3) is 0 Å². The van der Waals surface area contributed by atoms with Gasteiger partial charge in [-0.05, 0) is 35.9 Å². The summed E-state index contributed by atoms with van der Waals surface area (Å²) in [6.07, 6.45) is 0.247. The summed E-state index contributed by atoms with van der Waals surface area (Å²) < 4.78 is 36.8. The first-order chi connectivity index (χ1) is 7.81. The second-order valence-electron chi connectivity index (χ2n) is 3.50. The van der Waals surface area contributed by atoms with E-state index in [1.165, 1.54) is 13.0 Å². The third-order valence-electron chi connectivity index (χ3n) is 1.95. The van der Waals surface area contributed by atoms with E-state index in [9.17, 15) is 18.0 Å². The molecule has 0 aliphatic rings. The van der Waals surface area contributed by atoms with Gasteiger partial charge in [0.05, 0.1) is 0 Å². The van der Waals surface area contributed by atoms with Gasteiger partial charge in [0.1, 0.15) is 5.78 Å². The standard InChI is InChI=1S/C11H10BrF3OS/c1-7(16)4-8-2-3-10(9(5-8)6-12)17-11(13,14)15/h2-3,5H,4,6H2,1H3. The summed E-state index contributed by atoms with van der Waals surface area (Å²) >= 11 is 3.02. The van der Waals surface area contributed by atoms with Crippen molar-refractivity contribution in [2.75, 3.05) is 0 Å². The first-order valence-electron chi connectivity index (χ1n) is 4.75. The zero-order chi connectivity index (χ0) is 13.1. The summed E-state index contributed by atoms with van der Waals surface area (Å²) in [6.45, 7) is 1.45. The lowest BCUT2D eigenvalue weighted by Gasteiger charge is -2.10. The van der Waals surface area contributed by atoms with E-state index in [2.05, 4.69) is 15.9 Å². The third kappa shape index (κ3) is 5.12. The van der Waals surface area contributed by atoms with Gasteiger partial charge in [0.2, 0.25) is 0 Å². The summed E-state index contributed by atoms with van der Waals surface area (Å²) in [7, 11) is 0. The van der Waals surface area contributed by atoms with Crippen LogP contribution in [0.3, 0.4) is 0 Å². The van der Waals surface area contributed by atoms with Crippen molar-refractivity contribution < 1.29 is 18.0 Å². The van der Waals surface area contributed by atoms with Crippen LogP contribution in [0.4, 0.5) is 13.2 Å². The molecule has 17 heavy (non-hydrogen) atoms. The van der Waals surface area contributed by atoms with E-state index >= 15 is 0 Å². The zero-order valence-corrected chi connectivity index (χ0v) is 11.4. The molecular formula is C11H10BrF3OS. The fraction of sp³-hybridized carbons (Fsp3) is 0.364. The van der Waals surface area contributed by atoms with Gasteiger partial charge < -0.3 is 0 Å². The van der Waals surface area contributed by atoms with Gasteiger partial charge in [0.15, 0.2) is 0 Å². The number of carbonyl (C=O) groups excluding carboxylic acids is 1. The first-order valence-corrected chi connectivity index (χ1v) is 6.68. The van der Waals surface area contributed by atoms with Crippen molar-refractivity contribution in [3.8, 4) is 0 Å². The van der Waals surface area contributed by atoms with Crippen LogP contribution in [-0.2, 0) is 16.5 Å². The normalized spacial score (nSPS) is 11.6. The van der Waals surface area contributed by atoms with Crippen molar-refractivity contribution in [2.24, 2.45) is 0 Å². The molecule has 0 amide bonds. The molecule has 0 heterocycles. The van der Waals surface area contributed by atoms with Crippen LogP contribution in [0.2, 0.25) is 0 Å². The number of halogens is 4. The van der Waals surface area contributed by atoms with Gasteiger partial charge in [-0.25, -0.2) is 0 Å². The SMILES string of the molecule is CC(=O)Cc1ccc(SC(F)(F)F)c(CBr)c1. The quantitative estimate of drug-likeness (QED) is 0.605. The van der Waals surface area contributed by atoms with Crippen molar-refractivity contribution in [2.45, 2.75) is 29.1 Å². The lowest BCUT2D eigenvalue weighted by molar-refractivity contribution is -0.116. The van der Waals surface area contributed by atoms with Crippen molar-refractivity contribution in [1.82, 2.24) is 0 Å². The molecule has 0 N–H and O–H groups in total. The first kappa shape index (κ1) is 14.6. The van der Waals surface area contributed by atoms with E-state index in [1.807, 2.05) is 0 Å². The van der Waals surface area contributed by atoms with Gasteiger partial charge in [-0.3, -0.25) is 4.79 Å². The Morgan fingerprint density at radius 2 is 2.06 bits per heavy atom. The van der Waals surface area contributed by atoms with Crippen LogP contribution in [0.15, 0.2) is 23.1 Å². The van der Waals surface area contributed by atoms with Gasteiger partial charge in [0, 0.05) is 16.6 Å². The molecule has 0 aliphatic carbocycles. The van der Waals surface area contributed by atoms with Crippen LogP contribution in [0.5, 0.6) is 0 Å². The van der Waals surface area contributed by atoms with Crippen molar-refractivity contribution in [3.05, 3.63) is 29.3 Å². The van der Waals surface area contributed by atoms with Gasteiger partial charge >= 0.3 is 5.51 Å². The maximum absolute atomic E-state index is 12.3. The Morgan fingerprint density at radius 1 is 1.41 bits per heavy atom. The number of Topliss-reactive ketones (excluding diaryl/α,β-unsaturated/α-hetero) is 1. The van der Waals surface area contributed by atoms with Crippen LogP contribution in [0.25, 0.3) is 0 Å². The number of alkyl halides is 4. The number of hydrogen-bond acceptors (Lipinski definition) is 2. The Kier molecular flexibility index (Phi) is 5.06. The molecule has 0 saturated carbocycles. The summed E-state index contributed by atoms with van der Waals surface area (Å²) in [5.74, 6) is -0.0123. The van der Waals surface area contributed by atoms with Crippen LogP contribution >= 0.6 is 27.7 Å². The van der Waals surface area contributed by atoms with E-state index in [0.29, 0.717) is 10.9 Å². The molecule has 94 valence electrons. The minimum atomic E-state index is -4.29. The number of hydrogen-bond donors (Lipinski definition) is 0. The monoisotopic (exact) mass is 326 g/mol. The Morgan fingerprint density at radius 3 is 2.53 bits per heavy atom. The van der Waals surface area contributed by atoms with E-state index in [4.69, 9.17) is 0 Å². The highest BCUT2D eigenvalue weighted by atomic mass is 79.9. The third-order valence-corrected chi connectivity index (χ3v) is 3.40. The van der Waals surface area contributed by atoms with E-state index in [0.717, 1.165) is 5.56 Å². The van der Waals surface area contributed by atoms with Crippen molar-refractivity contribution >= 4 is 33.5 Å². The highest BCUT2D eigenvalue weighted by molar-refractivity contribution is 9.08. The van der Waals surface area contributed by atoms with Gasteiger partial charge in [-0.15, -0.1) is 0 Å². The molecule has 0 spiro atoms. The van der Waals surface area contributed by atoms with Gasteiger partial charge in [-0.2, -0.15) is 13.2 Å². The summed E-state index contributed by atoms with van der Waals surface area (Å²) in [5.41, 5.74) is -3.01. The lowest BCUT2D eigenvalue weighted by Crippen LogP contribution is -2.02. The zero-order valence-electron chi connectivity index (χ0n) is 8.97. The molecule has 6 heteroatoms. The highest BCUT2D eigenvalue weighted by Crippen LogP contribution is 2.39. The Bertz CT molecular complexity index is 418. The van der Waals surface area contributed by atoms with E-state index in [-0.39, 0.29) is 28.9 Å². The lowest BCUT2D eigenvalue weighted by atomic mass is 10.1. The van der Waals surface area contributed by atoms with E-state index < -0.39 is 5.51 Å². The fourth-order valence-corrected chi connectivity index (χ4v) is 2.66. The number of benzene rings is 1. The Hall–Kier alpha value is -0.490. The predicted molar refractivity (Wildman–Crippen MR) is 65.4 cm³/mol. The topological polar surface area (TPSA) is 17.1 Å². The predicted octanol–water partition coefficient (Wildman–Crippen LogP) is 4.32. The second kappa shape index (κ2) is 5.91. The molecule has 1 aromatic rings. The molecule has 1 aromatic carbocycles.